The van der Waals surface area contributed by atoms with Gasteiger partial charge in [0.05, 0.1) is 13.2 Å². The highest BCUT2D eigenvalue weighted by atomic mass is 31.2. The molecule has 0 saturated heterocycles. The van der Waals surface area contributed by atoms with Gasteiger partial charge in [0.25, 0.3) is 0 Å². The lowest BCUT2D eigenvalue weighted by Crippen LogP contribution is -2.29. The largest absolute Gasteiger partial charge is 0.472 e. The van der Waals surface area contributed by atoms with Crippen LogP contribution in [0.4, 0.5) is 0 Å². The molecule has 0 aromatic carbocycles. The summed E-state index contributed by atoms with van der Waals surface area (Å²) in [5.74, 6) is -0.904. The molecule has 2 unspecified atom stereocenters. The predicted molar refractivity (Wildman–Crippen MR) is 384 cm³/mol. The second-order valence-electron chi connectivity index (χ2n) is 21.2. The van der Waals surface area contributed by atoms with Gasteiger partial charge in [0.1, 0.15) is 6.61 Å². The van der Waals surface area contributed by atoms with Crippen molar-refractivity contribution in [2.45, 2.75) is 225 Å². The van der Waals surface area contributed by atoms with Crippen molar-refractivity contribution in [2.75, 3.05) is 26.4 Å². The maximum absolute atomic E-state index is 12.7. The SMILES string of the molecule is CC/C=C\C/C=C\C/C=C\C/C=C\C/C=C\C/C=C\C/C=C\C/C=C\C/C=C\C/C=C\C/C=C\CCCCCC(=O)OC(COC(=O)CCCCCCCC/C=C\C/C=C\C/C=C\C/C=C\C/C=C\C/C=C\C/C=C\C/C=C\CC)COP(=O)(O)OCCN. The zero-order chi connectivity index (χ0) is 64.4. The molecule has 0 aliphatic heterocycles. The van der Waals surface area contributed by atoms with E-state index in [4.69, 9.17) is 24.3 Å². The smallest absolute Gasteiger partial charge is 0.462 e. The van der Waals surface area contributed by atoms with Crippen LogP contribution in [-0.4, -0.2) is 49.3 Å². The van der Waals surface area contributed by atoms with Gasteiger partial charge in [-0.1, -0.05) is 277 Å². The number of phosphoric acid groups is 1. The van der Waals surface area contributed by atoms with E-state index in [0.29, 0.717) is 12.8 Å². The maximum Gasteiger partial charge on any atom is 0.472 e. The summed E-state index contributed by atoms with van der Waals surface area (Å²) in [7, 11) is -4.43. The van der Waals surface area contributed by atoms with Crippen LogP contribution in [0, 0.1) is 0 Å². The number of carbonyl (C=O) groups excluding carboxylic acids is 2. The minimum absolute atomic E-state index is 0.0318. The van der Waals surface area contributed by atoms with Gasteiger partial charge in [-0.15, -0.1) is 0 Å². The quantitative estimate of drug-likeness (QED) is 0.0264. The Hall–Kier alpha value is -5.93. The predicted octanol–water partition coefficient (Wildman–Crippen LogP) is 22.6. The Labute approximate surface area is 543 Å². The fourth-order valence-corrected chi connectivity index (χ4v) is 8.89. The Bertz CT molecular complexity index is 2310. The zero-order valence-electron chi connectivity index (χ0n) is 55.3. The molecule has 10 heteroatoms. The Morgan fingerprint density at radius 2 is 0.584 bits per heavy atom. The van der Waals surface area contributed by atoms with Gasteiger partial charge in [-0.25, -0.2) is 4.57 Å². The lowest BCUT2D eigenvalue weighted by Gasteiger charge is -2.19. The molecule has 0 fully saturated rings. The van der Waals surface area contributed by atoms with E-state index >= 15 is 0 Å². The van der Waals surface area contributed by atoms with Crippen molar-refractivity contribution in [3.63, 3.8) is 0 Å². The lowest BCUT2D eigenvalue weighted by molar-refractivity contribution is -0.161. The number of hydrogen-bond donors (Lipinski definition) is 2. The summed E-state index contributed by atoms with van der Waals surface area (Å²) in [4.78, 5) is 35.3. The molecule has 0 bridgehead atoms. The number of nitrogens with two attached hydrogens (primary N) is 1. The molecular formula is C79H120NO8P. The van der Waals surface area contributed by atoms with Crippen LogP contribution in [-0.2, 0) is 32.7 Å². The number of ether oxygens (including phenoxy) is 2. The van der Waals surface area contributed by atoms with Crippen molar-refractivity contribution < 1.29 is 37.6 Å². The topological polar surface area (TPSA) is 134 Å². The average molecular weight is 1240 g/mol. The van der Waals surface area contributed by atoms with E-state index in [1.807, 2.05) is 0 Å². The van der Waals surface area contributed by atoms with E-state index in [9.17, 15) is 19.0 Å². The lowest BCUT2D eigenvalue weighted by atomic mass is 10.1. The van der Waals surface area contributed by atoms with Crippen LogP contribution in [0.25, 0.3) is 0 Å². The zero-order valence-corrected chi connectivity index (χ0v) is 56.2. The fraction of sp³-hybridized carbons (Fsp3) is 0.494. The first-order valence-corrected chi connectivity index (χ1v) is 35.4. The highest BCUT2D eigenvalue weighted by Gasteiger charge is 2.26. The van der Waals surface area contributed by atoms with E-state index in [2.05, 4.69) is 245 Å². The molecule has 0 radical (unpaired) electrons. The Morgan fingerprint density at radius 3 is 0.876 bits per heavy atom. The highest BCUT2D eigenvalue weighted by Crippen LogP contribution is 2.43. The minimum Gasteiger partial charge on any atom is -0.462 e. The van der Waals surface area contributed by atoms with Crippen LogP contribution in [0.3, 0.4) is 0 Å². The standard InChI is InChI=1S/C79H120NO8P/c1-3-5-7-9-11-13-15-17-19-21-23-25-27-29-31-33-35-36-37-38-39-40-42-44-46-48-50-52-54-56-58-60-62-64-66-68-70-72-79(82)88-77(76-87-89(83,84)86-74-73-80)75-85-78(81)71-69-67-65-63-61-59-57-55-53-51-49-47-45-43-41-34-32-30-28-26-24-22-20-18-16-14-12-10-8-6-4-2/h5-8,11-14,17-20,23-26,29-32,35-36,38-39,41-44,47-50,53-56,60,62,77H,3-4,9-10,15-16,21-22,27-28,33-34,37,40,45-46,51-52,57-59,61,63-76,80H2,1-2H3,(H,83,84)/b7-5-,8-6-,13-11-,14-12-,19-17-,20-18-,25-23-,26-24-,31-29-,32-30-,36-35-,39-38-,43-41-,44-42-,49-47-,50-48-,55-53-,56-54-,62-60-. The van der Waals surface area contributed by atoms with Crippen LogP contribution in [0.2, 0.25) is 0 Å². The Balaban J connectivity index is 4.13. The molecule has 0 heterocycles. The fourth-order valence-electron chi connectivity index (χ4n) is 8.12. The molecule has 89 heavy (non-hydrogen) atoms. The summed E-state index contributed by atoms with van der Waals surface area (Å²) < 4.78 is 33.1. The molecule has 2 atom stereocenters. The van der Waals surface area contributed by atoms with Gasteiger partial charge in [0.15, 0.2) is 6.10 Å². The summed E-state index contributed by atoms with van der Waals surface area (Å²) in [6.45, 7) is 3.42. The van der Waals surface area contributed by atoms with Crippen LogP contribution in [0.5, 0.6) is 0 Å². The molecule has 3 N–H and O–H groups in total. The summed E-state index contributed by atoms with van der Waals surface area (Å²) in [5, 5.41) is 0. The number of esters is 2. The third-order valence-electron chi connectivity index (χ3n) is 13.0. The van der Waals surface area contributed by atoms with Crippen molar-refractivity contribution in [1.29, 1.82) is 0 Å². The number of hydrogen-bond acceptors (Lipinski definition) is 8. The molecule has 0 aliphatic rings. The Morgan fingerprint density at radius 1 is 0.337 bits per heavy atom. The molecular weight excluding hydrogens is 1120 g/mol. The number of carbonyl (C=O) groups is 2. The second kappa shape index (κ2) is 71.1. The minimum atomic E-state index is -4.43. The summed E-state index contributed by atoms with van der Waals surface area (Å²) in [5.41, 5.74) is 5.39. The van der Waals surface area contributed by atoms with Gasteiger partial charge in [-0.2, -0.15) is 0 Å². The average Bonchev–Trinajstić information content (AvgIpc) is 3.68. The maximum atomic E-state index is 12.7. The molecule has 494 valence electrons. The molecule has 0 amide bonds. The van der Waals surface area contributed by atoms with Gasteiger partial charge < -0.3 is 20.1 Å². The summed E-state index contributed by atoms with van der Waals surface area (Å²) in [6.07, 6.45) is 113. The molecule has 9 nitrogen and oxygen atoms in total. The molecule has 0 rings (SSSR count). The van der Waals surface area contributed by atoms with E-state index in [0.717, 1.165) is 180 Å². The van der Waals surface area contributed by atoms with Crippen molar-refractivity contribution in [1.82, 2.24) is 0 Å². The van der Waals surface area contributed by atoms with Crippen molar-refractivity contribution in [3.8, 4) is 0 Å². The first-order chi connectivity index (χ1) is 43.8. The van der Waals surface area contributed by atoms with Crippen LogP contribution in [0.15, 0.2) is 231 Å². The van der Waals surface area contributed by atoms with Gasteiger partial charge in [0.2, 0.25) is 0 Å². The molecule has 0 saturated carbocycles. The monoisotopic (exact) mass is 1240 g/mol. The molecule has 0 aromatic heterocycles. The van der Waals surface area contributed by atoms with Crippen molar-refractivity contribution in [3.05, 3.63) is 231 Å². The number of allylic oxidation sites excluding steroid dienone is 38. The van der Waals surface area contributed by atoms with E-state index in [1.165, 1.54) is 0 Å². The highest BCUT2D eigenvalue weighted by molar-refractivity contribution is 7.47. The van der Waals surface area contributed by atoms with E-state index in [1.54, 1.807) is 0 Å². The van der Waals surface area contributed by atoms with E-state index < -0.39 is 32.5 Å². The summed E-state index contributed by atoms with van der Waals surface area (Å²) in [6, 6.07) is 0. The van der Waals surface area contributed by atoms with Gasteiger partial charge in [-0.3, -0.25) is 18.6 Å². The second-order valence-corrected chi connectivity index (χ2v) is 22.7. The number of phosphoric ester groups is 1. The van der Waals surface area contributed by atoms with Gasteiger partial charge in [-0.05, 0) is 161 Å². The number of unbranched alkanes of at least 4 members (excludes halogenated alkanes) is 9. The van der Waals surface area contributed by atoms with Crippen LogP contribution in [0.1, 0.15) is 219 Å². The van der Waals surface area contributed by atoms with Gasteiger partial charge in [0, 0.05) is 19.4 Å². The Kier molecular flexibility index (Phi) is 66.4. The molecule has 0 aromatic rings. The first kappa shape index (κ1) is 83.1. The molecule has 0 aliphatic carbocycles. The number of rotatable bonds is 60. The van der Waals surface area contributed by atoms with Crippen molar-refractivity contribution in [2.24, 2.45) is 5.73 Å². The first-order valence-electron chi connectivity index (χ1n) is 33.9. The van der Waals surface area contributed by atoms with Crippen LogP contribution >= 0.6 is 7.82 Å². The van der Waals surface area contributed by atoms with E-state index in [-0.39, 0.29) is 32.6 Å². The third-order valence-corrected chi connectivity index (χ3v) is 14.0. The van der Waals surface area contributed by atoms with Crippen molar-refractivity contribution >= 4 is 19.8 Å². The normalized spacial score (nSPS) is 14.4. The van der Waals surface area contributed by atoms with Crippen LogP contribution < -0.4 is 5.73 Å². The molecule has 0 spiro atoms. The van der Waals surface area contributed by atoms with Gasteiger partial charge >= 0.3 is 19.8 Å². The third kappa shape index (κ3) is 71.0. The summed E-state index contributed by atoms with van der Waals surface area (Å²) >= 11 is 0.